The van der Waals surface area contributed by atoms with E-state index in [2.05, 4.69) is 44.0 Å². The first-order valence-electron chi connectivity index (χ1n) is 6.46. The Hall–Kier alpha value is -2.21. The molecule has 1 aromatic heterocycles. The molecule has 0 saturated heterocycles. The zero-order valence-electron chi connectivity index (χ0n) is 12.0. The van der Waals surface area contributed by atoms with Crippen molar-refractivity contribution in [2.75, 3.05) is 30.9 Å². The van der Waals surface area contributed by atoms with Crippen LogP contribution in [0.4, 0.5) is 17.5 Å². The van der Waals surface area contributed by atoms with E-state index in [1.54, 1.807) is 13.3 Å². The molecule has 0 aliphatic rings. The van der Waals surface area contributed by atoms with E-state index in [0.29, 0.717) is 24.9 Å². The van der Waals surface area contributed by atoms with Crippen molar-refractivity contribution in [2.45, 2.75) is 13.8 Å². The van der Waals surface area contributed by atoms with Crippen LogP contribution in [0.25, 0.3) is 0 Å². The monoisotopic (exact) mass is 273 g/mol. The Morgan fingerprint density at radius 3 is 2.90 bits per heavy atom. The first-order chi connectivity index (χ1) is 9.69. The SMILES string of the molecule is COCCNc1cnnc(Nc2cc(C)ccc2C)n1. The molecule has 0 atom stereocenters. The highest BCUT2D eigenvalue weighted by Gasteiger charge is 2.03. The molecular formula is C14H19N5O. The number of benzene rings is 1. The average Bonchev–Trinajstić information content (AvgIpc) is 2.44. The van der Waals surface area contributed by atoms with Crippen LogP contribution in [0.2, 0.25) is 0 Å². The molecule has 0 aliphatic heterocycles. The second-order valence-corrected chi connectivity index (χ2v) is 4.53. The van der Waals surface area contributed by atoms with Gasteiger partial charge in [-0.3, -0.25) is 0 Å². The molecule has 0 radical (unpaired) electrons. The van der Waals surface area contributed by atoms with Crippen molar-refractivity contribution in [1.82, 2.24) is 15.2 Å². The molecule has 6 heteroatoms. The highest BCUT2D eigenvalue weighted by Crippen LogP contribution is 2.19. The highest BCUT2D eigenvalue weighted by atomic mass is 16.5. The minimum absolute atomic E-state index is 0.473. The van der Waals surface area contributed by atoms with Crippen molar-refractivity contribution < 1.29 is 4.74 Å². The van der Waals surface area contributed by atoms with Gasteiger partial charge in [0.05, 0.1) is 12.8 Å². The summed E-state index contributed by atoms with van der Waals surface area (Å²) in [6.07, 6.45) is 1.59. The molecule has 2 aromatic rings. The molecular weight excluding hydrogens is 254 g/mol. The number of nitrogens with one attached hydrogen (secondary N) is 2. The van der Waals surface area contributed by atoms with Crippen LogP contribution in [0.1, 0.15) is 11.1 Å². The van der Waals surface area contributed by atoms with E-state index < -0.39 is 0 Å². The molecule has 1 heterocycles. The summed E-state index contributed by atoms with van der Waals surface area (Å²) < 4.78 is 4.98. The molecule has 0 amide bonds. The Balaban J connectivity index is 2.09. The standard InChI is InChI=1S/C14H19N5O/c1-10-4-5-11(2)12(8-10)17-14-18-13(9-16-19-14)15-6-7-20-3/h4-5,8-9H,6-7H2,1-3H3,(H2,15,17,18,19). The number of hydrogen-bond acceptors (Lipinski definition) is 6. The number of nitrogens with zero attached hydrogens (tertiary/aromatic N) is 3. The van der Waals surface area contributed by atoms with Gasteiger partial charge in [-0.2, -0.15) is 10.1 Å². The van der Waals surface area contributed by atoms with E-state index in [-0.39, 0.29) is 0 Å². The minimum Gasteiger partial charge on any atom is -0.383 e. The van der Waals surface area contributed by atoms with Crippen LogP contribution in [-0.4, -0.2) is 35.4 Å². The number of aryl methyl sites for hydroxylation is 2. The van der Waals surface area contributed by atoms with Gasteiger partial charge in [0.2, 0.25) is 5.95 Å². The van der Waals surface area contributed by atoms with Gasteiger partial charge in [0.15, 0.2) is 5.82 Å². The van der Waals surface area contributed by atoms with Crippen LogP contribution in [0.3, 0.4) is 0 Å². The van der Waals surface area contributed by atoms with Crippen molar-refractivity contribution >= 4 is 17.5 Å². The molecule has 0 fully saturated rings. The molecule has 6 nitrogen and oxygen atoms in total. The van der Waals surface area contributed by atoms with Crippen LogP contribution in [0.5, 0.6) is 0 Å². The first-order valence-corrected chi connectivity index (χ1v) is 6.46. The third-order valence-electron chi connectivity index (χ3n) is 2.81. The summed E-state index contributed by atoms with van der Waals surface area (Å²) in [5, 5.41) is 14.2. The van der Waals surface area contributed by atoms with Crippen LogP contribution in [-0.2, 0) is 4.74 Å². The molecule has 2 N–H and O–H groups in total. The Bertz CT molecular complexity index is 573. The lowest BCUT2D eigenvalue weighted by Gasteiger charge is -2.10. The summed E-state index contributed by atoms with van der Waals surface area (Å²) in [7, 11) is 1.66. The summed E-state index contributed by atoms with van der Waals surface area (Å²) in [6.45, 7) is 5.38. The fourth-order valence-electron chi connectivity index (χ4n) is 1.71. The lowest BCUT2D eigenvalue weighted by atomic mass is 10.1. The molecule has 0 unspecified atom stereocenters. The summed E-state index contributed by atoms with van der Waals surface area (Å²) in [5.41, 5.74) is 3.30. The number of ether oxygens (including phenoxy) is 1. The molecule has 0 bridgehead atoms. The van der Waals surface area contributed by atoms with Gasteiger partial charge in [-0.15, -0.1) is 5.10 Å². The van der Waals surface area contributed by atoms with E-state index in [1.807, 2.05) is 13.8 Å². The Morgan fingerprint density at radius 2 is 2.10 bits per heavy atom. The van der Waals surface area contributed by atoms with E-state index in [0.717, 1.165) is 11.3 Å². The predicted molar refractivity (Wildman–Crippen MR) is 79.4 cm³/mol. The maximum atomic E-state index is 4.98. The quantitative estimate of drug-likeness (QED) is 0.787. The minimum atomic E-state index is 0.473. The Morgan fingerprint density at radius 1 is 1.25 bits per heavy atom. The van der Waals surface area contributed by atoms with Crippen molar-refractivity contribution in [1.29, 1.82) is 0 Å². The molecule has 0 spiro atoms. The van der Waals surface area contributed by atoms with Crippen LogP contribution >= 0.6 is 0 Å². The van der Waals surface area contributed by atoms with Crippen molar-refractivity contribution in [3.63, 3.8) is 0 Å². The van der Waals surface area contributed by atoms with Crippen LogP contribution in [0.15, 0.2) is 24.4 Å². The van der Waals surface area contributed by atoms with E-state index in [1.165, 1.54) is 5.56 Å². The van der Waals surface area contributed by atoms with Crippen molar-refractivity contribution in [2.24, 2.45) is 0 Å². The number of aromatic nitrogens is 3. The lowest BCUT2D eigenvalue weighted by Crippen LogP contribution is -2.10. The van der Waals surface area contributed by atoms with Gasteiger partial charge >= 0.3 is 0 Å². The molecule has 20 heavy (non-hydrogen) atoms. The number of hydrogen-bond donors (Lipinski definition) is 2. The van der Waals surface area contributed by atoms with Gasteiger partial charge in [0.1, 0.15) is 0 Å². The molecule has 2 rings (SSSR count). The predicted octanol–water partition coefficient (Wildman–Crippen LogP) is 2.29. The average molecular weight is 273 g/mol. The second kappa shape index (κ2) is 6.81. The topological polar surface area (TPSA) is 72.0 Å². The molecule has 0 aliphatic carbocycles. The third kappa shape index (κ3) is 3.89. The second-order valence-electron chi connectivity index (χ2n) is 4.53. The molecule has 0 saturated carbocycles. The van der Waals surface area contributed by atoms with Gasteiger partial charge in [-0.05, 0) is 31.0 Å². The van der Waals surface area contributed by atoms with E-state index in [9.17, 15) is 0 Å². The Kier molecular flexibility index (Phi) is 4.84. The van der Waals surface area contributed by atoms with Gasteiger partial charge in [-0.1, -0.05) is 12.1 Å². The van der Waals surface area contributed by atoms with Gasteiger partial charge in [-0.25, -0.2) is 0 Å². The van der Waals surface area contributed by atoms with Crippen molar-refractivity contribution in [3.8, 4) is 0 Å². The highest BCUT2D eigenvalue weighted by molar-refractivity contribution is 5.59. The maximum Gasteiger partial charge on any atom is 0.249 e. The van der Waals surface area contributed by atoms with E-state index >= 15 is 0 Å². The number of anilines is 3. The number of methoxy groups -OCH3 is 1. The number of rotatable bonds is 6. The summed E-state index contributed by atoms with van der Waals surface area (Å²) >= 11 is 0. The Labute approximate surface area is 118 Å². The largest absolute Gasteiger partial charge is 0.383 e. The fourth-order valence-corrected chi connectivity index (χ4v) is 1.71. The normalized spacial score (nSPS) is 10.3. The molecule has 106 valence electrons. The smallest absolute Gasteiger partial charge is 0.249 e. The van der Waals surface area contributed by atoms with Crippen LogP contribution < -0.4 is 10.6 Å². The summed E-state index contributed by atoms with van der Waals surface area (Å²) in [5.74, 6) is 1.14. The van der Waals surface area contributed by atoms with Gasteiger partial charge < -0.3 is 15.4 Å². The fraction of sp³-hybridized carbons (Fsp3) is 0.357. The first kappa shape index (κ1) is 14.2. The van der Waals surface area contributed by atoms with Gasteiger partial charge in [0, 0.05) is 19.3 Å². The van der Waals surface area contributed by atoms with Gasteiger partial charge in [0.25, 0.3) is 0 Å². The summed E-state index contributed by atoms with van der Waals surface area (Å²) in [4.78, 5) is 4.36. The zero-order valence-corrected chi connectivity index (χ0v) is 12.0. The van der Waals surface area contributed by atoms with Crippen LogP contribution in [0, 0.1) is 13.8 Å². The summed E-state index contributed by atoms with van der Waals surface area (Å²) in [6, 6.07) is 6.19. The van der Waals surface area contributed by atoms with Crippen molar-refractivity contribution in [3.05, 3.63) is 35.5 Å². The zero-order chi connectivity index (χ0) is 14.4. The maximum absolute atomic E-state index is 4.98. The third-order valence-corrected chi connectivity index (χ3v) is 2.81. The van der Waals surface area contributed by atoms with E-state index in [4.69, 9.17) is 4.74 Å². The lowest BCUT2D eigenvalue weighted by molar-refractivity contribution is 0.210. The molecule has 1 aromatic carbocycles.